The van der Waals surface area contributed by atoms with Crippen LogP contribution in [0.5, 0.6) is 0 Å². The number of fused-ring (bicyclic) bond motifs is 1. The Morgan fingerprint density at radius 2 is 2.06 bits per heavy atom. The number of nitrogens with zero attached hydrogens (tertiary/aromatic N) is 4. The summed E-state index contributed by atoms with van der Waals surface area (Å²) in [5.74, 6) is 1.55. The number of piperidine rings is 1. The van der Waals surface area contributed by atoms with Gasteiger partial charge in [0.15, 0.2) is 11.6 Å². The lowest BCUT2D eigenvalue weighted by atomic mass is 9.91. The lowest BCUT2D eigenvalue weighted by Crippen LogP contribution is -2.34. The third-order valence-electron chi connectivity index (χ3n) is 6.03. The van der Waals surface area contributed by atoms with E-state index in [0.29, 0.717) is 17.2 Å². The van der Waals surface area contributed by atoms with Gasteiger partial charge in [0.05, 0.1) is 23.4 Å². The number of rotatable bonds is 6. The molecule has 5 rings (SSSR count). The number of carbonyl (C=O) groups excluding carboxylic acids is 1. The van der Waals surface area contributed by atoms with Crippen molar-refractivity contribution in [3.63, 3.8) is 0 Å². The van der Waals surface area contributed by atoms with E-state index in [-0.39, 0.29) is 17.7 Å². The van der Waals surface area contributed by atoms with Crippen molar-refractivity contribution in [2.45, 2.75) is 25.8 Å². The summed E-state index contributed by atoms with van der Waals surface area (Å²) in [6.07, 6.45) is 7.12. The van der Waals surface area contributed by atoms with Crippen LogP contribution in [0.4, 0.5) is 5.82 Å². The van der Waals surface area contributed by atoms with Gasteiger partial charge in [0.25, 0.3) is 0 Å². The first-order valence-corrected chi connectivity index (χ1v) is 11.0. The Hall–Kier alpha value is -3.58. The summed E-state index contributed by atoms with van der Waals surface area (Å²) in [6.45, 7) is 3.82. The smallest absolute Gasteiger partial charge is 0.167 e. The van der Waals surface area contributed by atoms with Gasteiger partial charge in [-0.1, -0.05) is 30.3 Å². The Morgan fingerprint density at radius 1 is 1.19 bits per heavy atom. The van der Waals surface area contributed by atoms with Gasteiger partial charge in [-0.15, -0.1) is 0 Å². The molecule has 0 spiro atoms. The van der Waals surface area contributed by atoms with Crippen LogP contribution in [0.3, 0.4) is 0 Å². The molecule has 0 saturated carbocycles. The average molecular weight is 427 g/mol. The quantitative estimate of drug-likeness (QED) is 0.450. The normalized spacial score (nSPS) is 17.2. The number of hydrogen-bond donors (Lipinski definition) is 2. The number of aromatic nitrogens is 4. The van der Waals surface area contributed by atoms with Gasteiger partial charge >= 0.3 is 0 Å². The third kappa shape index (κ3) is 4.11. The molecule has 7 nitrogen and oxygen atoms in total. The Kier molecular flexibility index (Phi) is 5.64. The topological polar surface area (TPSA) is 84.7 Å². The molecule has 32 heavy (non-hydrogen) atoms. The second-order valence-corrected chi connectivity index (χ2v) is 8.26. The van der Waals surface area contributed by atoms with Crippen molar-refractivity contribution in [3.05, 3.63) is 78.4 Å². The van der Waals surface area contributed by atoms with E-state index in [4.69, 9.17) is 4.98 Å². The highest BCUT2D eigenvalue weighted by molar-refractivity contribution is 6.00. The molecule has 1 fully saturated rings. The number of hydrogen-bond acceptors (Lipinski definition) is 6. The zero-order valence-corrected chi connectivity index (χ0v) is 18.0. The zero-order valence-electron chi connectivity index (χ0n) is 18.0. The molecule has 0 amide bonds. The van der Waals surface area contributed by atoms with Gasteiger partial charge in [0.1, 0.15) is 12.1 Å². The largest absolute Gasteiger partial charge is 0.362 e. The predicted octanol–water partition coefficient (Wildman–Crippen LogP) is 4.17. The third-order valence-corrected chi connectivity index (χ3v) is 6.03. The molecule has 1 saturated heterocycles. The van der Waals surface area contributed by atoms with Crippen LogP contribution in [-0.2, 0) is 0 Å². The fraction of sp³-hybridized carbons (Fsp3) is 0.280. The molecule has 3 heterocycles. The van der Waals surface area contributed by atoms with E-state index in [0.717, 1.165) is 37.0 Å². The molecule has 1 unspecified atom stereocenters. The van der Waals surface area contributed by atoms with Gasteiger partial charge in [0, 0.05) is 24.1 Å². The van der Waals surface area contributed by atoms with Gasteiger partial charge in [-0.25, -0.2) is 9.97 Å². The van der Waals surface area contributed by atoms with E-state index in [9.17, 15) is 4.79 Å². The van der Waals surface area contributed by atoms with Crippen LogP contribution in [-0.4, -0.2) is 38.4 Å². The minimum absolute atomic E-state index is 0.0318. The molecule has 0 aliphatic carbocycles. The molecule has 4 aromatic rings. The van der Waals surface area contributed by atoms with Crippen LogP contribution >= 0.6 is 0 Å². The highest BCUT2D eigenvalue weighted by Gasteiger charge is 2.23. The number of carbonyl (C=O) groups is 1. The molecule has 162 valence electrons. The summed E-state index contributed by atoms with van der Waals surface area (Å²) in [7, 11) is 0. The van der Waals surface area contributed by atoms with Crippen LogP contribution in [0.2, 0.25) is 0 Å². The van der Waals surface area contributed by atoms with E-state index in [1.165, 1.54) is 5.56 Å². The molecule has 2 atom stereocenters. The Morgan fingerprint density at radius 3 is 2.88 bits per heavy atom. The zero-order chi connectivity index (χ0) is 21.9. The van der Waals surface area contributed by atoms with Crippen LogP contribution < -0.4 is 10.6 Å². The predicted molar refractivity (Wildman–Crippen MR) is 125 cm³/mol. The Bertz CT molecular complexity index is 1230. The number of Topliss-reactive ketones (excluding diaryl/α,β-unsaturated/α-hetero) is 1. The summed E-state index contributed by atoms with van der Waals surface area (Å²) < 4.78 is 1.89. The highest BCUT2D eigenvalue weighted by Crippen LogP contribution is 2.23. The number of anilines is 1. The molecular formula is C25H26N6O. The summed E-state index contributed by atoms with van der Waals surface area (Å²) in [6, 6.07) is 16.0. The fourth-order valence-electron chi connectivity index (χ4n) is 4.24. The molecular weight excluding hydrogens is 400 g/mol. The van der Waals surface area contributed by atoms with Crippen LogP contribution in [0.1, 0.15) is 41.7 Å². The van der Waals surface area contributed by atoms with Gasteiger partial charge in [-0.3, -0.25) is 14.3 Å². The van der Waals surface area contributed by atoms with E-state index >= 15 is 0 Å². The maximum atomic E-state index is 13.0. The van der Waals surface area contributed by atoms with Crippen molar-refractivity contribution >= 4 is 22.6 Å². The second-order valence-electron chi connectivity index (χ2n) is 8.26. The molecule has 2 aromatic heterocycles. The molecule has 7 heteroatoms. The number of benzene rings is 2. The van der Waals surface area contributed by atoms with Gasteiger partial charge < -0.3 is 10.6 Å². The standard InChI is InChI=1S/C25H26N6O/c1-17(18-6-3-2-4-7-18)29-23-14-27-15-24(30-23)31-16-28-21-10-9-19(12-22(21)31)25(32)20-8-5-11-26-13-20/h2-4,6-7,9-10,12,14-17,20,26H,5,8,11,13H2,1H3,(H,29,30)/t17-,20?/m0/s1. The summed E-state index contributed by atoms with van der Waals surface area (Å²) in [5.41, 5.74) is 3.56. The fourth-order valence-corrected chi connectivity index (χ4v) is 4.24. The lowest BCUT2D eigenvalue weighted by molar-refractivity contribution is 0.0900. The van der Waals surface area contributed by atoms with Crippen LogP contribution in [0, 0.1) is 5.92 Å². The van der Waals surface area contributed by atoms with Crippen LogP contribution in [0.25, 0.3) is 16.9 Å². The summed E-state index contributed by atoms with van der Waals surface area (Å²) >= 11 is 0. The number of imidazole rings is 1. The first kappa shape index (κ1) is 20.3. The van der Waals surface area contributed by atoms with Crippen molar-refractivity contribution in [2.24, 2.45) is 5.92 Å². The SMILES string of the molecule is C[C@H](Nc1cncc(-n2cnc3ccc(C(=O)C4CCCNC4)cc32)n1)c1ccccc1. The number of ketones is 1. The van der Waals surface area contributed by atoms with Gasteiger partial charge in [-0.2, -0.15) is 0 Å². The summed E-state index contributed by atoms with van der Waals surface area (Å²) in [5, 5.41) is 6.74. The molecule has 1 aliphatic rings. The van der Waals surface area contributed by atoms with Crippen molar-refractivity contribution in [2.75, 3.05) is 18.4 Å². The second kappa shape index (κ2) is 8.88. The van der Waals surface area contributed by atoms with Crippen molar-refractivity contribution in [1.29, 1.82) is 0 Å². The van der Waals surface area contributed by atoms with E-state index in [1.54, 1.807) is 18.7 Å². The molecule has 2 aromatic carbocycles. The number of nitrogens with one attached hydrogen (secondary N) is 2. The van der Waals surface area contributed by atoms with Gasteiger partial charge in [0.2, 0.25) is 0 Å². The molecule has 0 radical (unpaired) electrons. The van der Waals surface area contributed by atoms with Crippen LogP contribution in [0.15, 0.2) is 67.3 Å². The first-order valence-electron chi connectivity index (χ1n) is 11.0. The maximum absolute atomic E-state index is 13.0. The minimum atomic E-state index is 0.0318. The van der Waals surface area contributed by atoms with E-state index in [2.05, 4.69) is 39.7 Å². The maximum Gasteiger partial charge on any atom is 0.167 e. The molecule has 2 N–H and O–H groups in total. The monoisotopic (exact) mass is 426 g/mol. The van der Waals surface area contributed by atoms with Crippen molar-refractivity contribution in [1.82, 2.24) is 24.8 Å². The minimum Gasteiger partial charge on any atom is -0.362 e. The Labute approximate surface area is 186 Å². The highest BCUT2D eigenvalue weighted by atomic mass is 16.1. The summed E-state index contributed by atoms with van der Waals surface area (Å²) in [4.78, 5) is 26.6. The molecule has 0 bridgehead atoms. The van der Waals surface area contributed by atoms with Crippen molar-refractivity contribution < 1.29 is 4.79 Å². The van der Waals surface area contributed by atoms with Crippen molar-refractivity contribution in [3.8, 4) is 5.82 Å². The Balaban J connectivity index is 1.43. The van der Waals surface area contributed by atoms with E-state index < -0.39 is 0 Å². The first-order chi connectivity index (χ1) is 15.7. The lowest BCUT2D eigenvalue weighted by Gasteiger charge is -2.21. The van der Waals surface area contributed by atoms with E-state index in [1.807, 2.05) is 41.0 Å². The van der Waals surface area contributed by atoms with Gasteiger partial charge in [-0.05, 0) is 50.1 Å². The molecule has 1 aliphatic heterocycles. The average Bonchev–Trinajstić information content (AvgIpc) is 3.28.